The van der Waals surface area contributed by atoms with E-state index < -0.39 is 6.03 Å². The first-order valence-corrected chi connectivity index (χ1v) is 11.0. The van der Waals surface area contributed by atoms with E-state index in [1.165, 1.54) is 11.3 Å². The molecular weight excluding hydrogens is 440 g/mol. The number of hydrogen-bond acceptors (Lipinski definition) is 7. The molecule has 172 valence electrons. The van der Waals surface area contributed by atoms with Crippen molar-refractivity contribution >= 4 is 34.8 Å². The second-order valence-corrected chi connectivity index (χ2v) is 8.00. The summed E-state index contributed by atoms with van der Waals surface area (Å²) < 4.78 is 1.72. The van der Waals surface area contributed by atoms with Crippen molar-refractivity contribution in [3.63, 3.8) is 0 Å². The summed E-state index contributed by atoms with van der Waals surface area (Å²) in [6.07, 6.45) is 0. The van der Waals surface area contributed by atoms with Crippen molar-refractivity contribution in [2.24, 2.45) is 7.05 Å². The number of benzene rings is 1. The largest absolute Gasteiger partial charge is 0.354 e. The fourth-order valence-corrected chi connectivity index (χ4v) is 3.81. The quantitative estimate of drug-likeness (QED) is 0.325. The first-order chi connectivity index (χ1) is 15.7. The maximum Gasteiger partial charge on any atom is 0.320 e. The summed E-state index contributed by atoms with van der Waals surface area (Å²) in [5.74, 6) is 0.847. The Bertz CT molecular complexity index is 1210. The fraction of sp³-hybridized carbons (Fsp3) is 0.227. The van der Waals surface area contributed by atoms with Crippen LogP contribution in [-0.4, -0.2) is 45.8 Å². The predicted molar refractivity (Wildman–Crippen MR) is 130 cm³/mol. The molecule has 33 heavy (non-hydrogen) atoms. The van der Waals surface area contributed by atoms with Crippen LogP contribution in [0.4, 0.5) is 10.6 Å². The molecule has 0 aliphatic heterocycles. The van der Waals surface area contributed by atoms with E-state index in [0.29, 0.717) is 34.5 Å². The van der Waals surface area contributed by atoms with Crippen molar-refractivity contribution in [3.8, 4) is 10.8 Å². The number of amides is 3. The Balaban J connectivity index is 2.03. The molecule has 3 amide bonds. The van der Waals surface area contributed by atoms with Crippen LogP contribution >= 0.6 is 11.3 Å². The molecule has 3 rings (SSSR count). The molecule has 0 saturated heterocycles. The second-order valence-electron chi connectivity index (χ2n) is 7.14. The van der Waals surface area contributed by atoms with Gasteiger partial charge in [-0.1, -0.05) is 36.4 Å². The number of carbonyl (C=O) groups is 2. The van der Waals surface area contributed by atoms with Gasteiger partial charge in [-0.15, -0.1) is 11.3 Å². The van der Waals surface area contributed by atoms with Crippen LogP contribution in [0.25, 0.3) is 10.8 Å². The van der Waals surface area contributed by atoms with Gasteiger partial charge in [-0.05, 0) is 13.8 Å². The molecule has 0 aliphatic rings. The minimum Gasteiger partial charge on any atom is -0.354 e. The molecule has 0 spiro atoms. The van der Waals surface area contributed by atoms with Crippen molar-refractivity contribution in [3.05, 3.63) is 64.6 Å². The molecule has 0 saturated carbocycles. The Hall–Kier alpha value is -3.99. The minimum atomic E-state index is -0.400. The van der Waals surface area contributed by atoms with Crippen LogP contribution in [0.15, 0.2) is 42.0 Å². The van der Waals surface area contributed by atoms with Crippen LogP contribution in [0, 0.1) is 12.3 Å². The topological polar surface area (TPSA) is 137 Å². The second kappa shape index (κ2) is 10.1. The van der Waals surface area contributed by atoms with E-state index in [1.54, 1.807) is 24.0 Å². The number of carbonyl (C=O) groups excluding carboxylic acids is 2. The molecule has 2 heterocycles. The Kier molecular flexibility index (Phi) is 7.23. The van der Waals surface area contributed by atoms with Gasteiger partial charge < -0.3 is 20.5 Å². The van der Waals surface area contributed by atoms with Gasteiger partial charge in [0.25, 0.3) is 5.91 Å². The van der Waals surface area contributed by atoms with Gasteiger partial charge in [0, 0.05) is 31.6 Å². The first kappa shape index (κ1) is 23.7. The highest BCUT2D eigenvalue weighted by Gasteiger charge is 2.23. The van der Waals surface area contributed by atoms with E-state index in [4.69, 9.17) is 5.41 Å². The van der Waals surface area contributed by atoms with Gasteiger partial charge in [-0.3, -0.25) is 15.5 Å². The van der Waals surface area contributed by atoms with E-state index in [0.717, 1.165) is 5.56 Å². The van der Waals surface area contributed by atoms with Crippen LogP contribution in [0.3, 0.4) is 0 Å². The number of urea groups is 1. The molecule has 0 radical (unpaired) electrons. The van der Waals surface area contributed by atoms with Crippen molar-refractivity contribution in [2.45, 2.75) is 13.8 Å². The van der Waals surface area contributed by atoms with Gasteiger partial charge in [0.2, 0.25) is 0 Å². The third-order valence-corrected chi connectivity index (χ3v) is 5.54. The third kappa shape index (κ3) is 5.26. The lowest BCUT2D eigenvalue weighted by atomic mass is 10.1. The summed E-state index contributed by atoms with van der Waals surface area (Å²) in [4.78, 5) is 32.9. The molecule has 5 N–H and O–H groups in total. The summed E-state index contributed by atoms with van der Waals surface area (Å²) in [5, 5.41) is 21.8. The van der Waals surface area contributed by atoms with E-state index in [2.05, 4.69) is 37.8 Å². The molecule has 11 heteroatoms. The molecule has 1 aromatic carbocycles. The number of thiazole rings is 1. The van der Waals surface area contributed by atoms with Crippen LogP contribution in [0.2, 0.25) is 0 Å². The zero-order valence-corrected chi connectivity index (χ0v) is 19.7. The first-order valence-electron chi connectivity index (χ1n) is 10.2. The highest BCUT2D eigenvalue weighted by Crippen LogP contribution is 2.29. The molecule has 10 nitrogen and oxygen atoms in total. The van der Waals surface area contributed by atoms with E-state index in [1.807, 2.05) is 38.1 Å². The predicted octanol–water partition coefficient (Wildman–Crippen LogP) is 2.83. The number of hydrogen-bond donors (Lipinski definition) is 5. The van der Waals surface area contributed by atoms with Crippen molar-refractivity contribution < 1.29 is 9.59 Å². The van der Waals surface area contributed by atoms with E-state index >= 15 is 0 Å². The summed E-state index contributed by atoms with van der Waals surface area (Å²) in [5.41, 5.74) is 2.59. The summed E-state index contributed by atoms with van der Waals surface area (Å²) in [6.45, 7) is 8.11. The van der Waals surface area contributed by atoms with Crippen LogP contribution in [0.1, 0.15) is 34.2 Å². The molecule has 0 unspecified atom stereocenters. The van der Waals surface area contributed by atoms with Gasteiger partial charge in [-0.2, -0.15) is 0 Å². The zero-order chi connectivity index (χ0) is 24.1. The fourth-order valence-electron chi connectivity index (χ4n) is 2.99. The molecule has 0 fully saturated rings. The summed E-state index contributed by atoms with van der Waals surface area (Å²) in [7, 11) is 3.30. The van der Waals surface area contributed by atoms with Crippen molar-refractivity contribution in [2.75, 3.05) is 18.9 Å². The van der Waals surface area contributed by atoms with Crippen molar-refractivity contribution in [1.82, 2.24) is 30.5 Å². The molecule has 3 aromatic rings. The van der Waals surface area contributed by atoms with Crippen LogP contribution in [0.5, 0.6) is 0 Å². The highest BCUT2D eigenvalue weighted by atomic mass is 32.1. The normalized spacial score (nSPS) is 10.4. The Morgan fingerprint density at radius 1 is 1.21 bits per heavy atom. The standard InChI is InChI=1S/C22H26N8O2S/c1-6-25-22(32)27-13(3)26-18-17(16(23)14-9-7-12(2)8-10-14)29-19(30(18)5)21-28-15(11-33-21)20(31)24-4/h7-11,23,26H,3,6H2,1-2,4-5H3,(H,24,31)(H2,25,27,32). The lowest BCUT2D eigenvalue weighted by Crippen LogP contribution is -2.36. The van der Waals surface area contributed by atoms with Gasteiger partial charge >= 0.3 is 6.03 Å². The Morgan fingerprint density at radius 3 is 2.55 bits per heavy atom. The lowest BCUT2D eigenvalue weighted by Gasteiger charge is -2.14. The van der Waals surface area contributed by atoms with Crippen LogP contribution in [-0.2, 0) is 7.05 Å². The Morgan fingerprint density at radius 2 is 1.91 bits per heavy atom. The minimum absolute atomic E-state index is 0.188. The van der Waals surface area contributed by atoms with Gasteiger partial charge in [0.15, 0.2) is 10.8 Å². The summed E-state index contributed by atoms with van der Waals surface area (Å²) in [6, 6.07) is 7.15. The number of aromatic nitrogens is 3. The number of nitrogens with zero attached hydrogens (tertiary/aromatic N) is 3. The van der Waals surface area contributed by atoms with Crippen LogP contribution < -0.4 is 21.3 Å². The van der Waals surface area contributed by atoms with Gasteiger partial charge in [-0.25, -0.2) is 14.8 Å². The molecular formula is C22H26N8O2S. The average Bonchev–Trinajstić information content (AvgIpc) is 3.39. The number of rotatable bonds is 8. The molecule has 2 aromatic heterocycles. The Labute approximate surface area is 195 Å². The third-order valence-electron chi connectivity index (χ3n) is 4.70. The number of anilines is 1. The smallest absolute Gasteiger partial charge is 0.320 e. The maximum atomic E-state index is 11.9. The van der Waals surface area contributed by atoms with Crippen molar-refractivity contribution in [1.29, 1.82) is 5.41 Å². The number of aryl methyl sites for hydroxylation is 1. The molecule has 0 atom stereocenters. The highest BCUT2D eigenvalue weighted by molar-refractivity contribution is 7.13. The monoisotopic (exact) mass is 466 g/mol. The zero-order valence-electron chi connectivity index (χ0n) is 18.9. The van der Waals surface area contributed by atoms with E-state index in [-0.39, 0.29) is 23.1 Å². The molecule has 0 aliphatic carbocycles. The molecule has 0 bridgehead atoms. The van der Waals surface area contributed by atoms with Gasteiger partial charge in [0.1, 0.15) is 23.0 Å². The number of imidazole rings is 1. The lowest BCUT2D eigenvalue weighted by molar-refractivity contribution is 0.0959. The van der Waals surface area contributed by atoms with Gasteiger partial charge in [0.05, 0.1) is 5.71 Å². The summed E-state index contributed by atoms with van der Waals surface area (Å²) >= 11 is 1.27. The average molecular weight is 467 g/mol. The maximum absolute atomic E-state index is 11.9. The SMILES string of the molecule is C=C(NC(=O)NCC)Nc1c(C(=N)c2ccc(C)cc2)nc(-c2nc(C(=O)NC)cs2)n1C. The van der Waals surface area contributed by atoms with E-state index in [9.17, 15) is 9.59 Å². The number of nitrogens with one attached hydrogen (secondary N) is 5.